The van der Waals surface area contributed by atoms with Crippen LogP contribution in [0.5, 0.6) is 0 Å². The normalized spacial score (nSPS) is 11.8. The molecule has 11 aromatic rings. The van der Waals surface area contributed by atoms with Crippen LogP contribution in [0.25, 0.3) is 109 Å². The zero-order valence-electron chi connectivity index (χ0n) is 28.5. The molecule has 0 amide bonds. The van der Waals surface area contributed by atoms with Crippen LogP contribution in [0.2, 0.25) is 0 Å². The number of fused-ring (bicyclic) bond motifs is 9. The van der Waals surface area contributed by atoms with Crippen LogP contribution in [0.15, 0.2) is 176 Å². The van der Waals surface area contributed by atoms with E-state index in [1.165, 1.54) is 69.0 Å². The maximum atomic E-state index is 5.32. The van der Waals surface area contributed by atoms with E-state index in [0.29, 0.717) is 17.5 Å². The second kappa shape index (κ2) is 11.9. The largest absolute Gasteiger partial charge is 0.208 e. The highest BCUT2D eigenvalue weighted by Crippen LogP contribution is 2.47. The number of thiophene rings is 1. The van der Waals surface area contributed by atoms with E-state index in [0.717, 1.165) is 22.1 Å². The molecule has 0 aliphatic carbocycles. The second-order valence-corrected chi connectivity index (χ2v) is 14.7. The van der Waals surface area contributed by atoms with Crippen molar-refractivity contribution < 1.29 is 0 Å². The highest BCUT2D eigenvalue weighted by molar-refractivity contribution is 7.27. The highest BCUT2D eigenvalue weighted by Gasteiger charge is 2.21. The summed E-state index contributed by atoms with van der Waals surface area (Å²) in [5.41, 5.74) is 5.32. The number of aromatic nitrogens is 3. The standard InChI is InChI=1S/C49H29N3S/c1-3-11-30(12-4-1)35-20-21-37-26-39(24-22-36(37)25-35)48-50-47(32-14-5-2-6-15-32)51-49(52-48)42-28-38-23-19-31-13-9-10-18-40(31)44(38)46-45(42)41-27-33-16-7-8-17-34(33)29-43(41)53-46/h1-29H. The van der Waals surface area contributed by atoms with Gasteiger partial charge in [-0.25, -0.2) is 15.0 Å². The SMILES string of the molecule is c1ccc(-c2ccc3cc(-c4nc(-c5ccccc5)nc(-c5cc6ccc7ccccc7c6c6sc7cc8ccccc8cc7c56)n4)ccc3c2)cc1. The molecule has 4 heteroatoms. The summed E-state index contributed by atoms with van der Waals surface area (Å²) in [6.07, 6.45) is 0. The Kier molecular flexibility index (Phi) is 6.73. The van der Waals surface area contributed by atoms with Crippen molar-refractivity contribution >= 4 is 74.6 Å². The van der Waals surface area contributed by atoms with Crippen LogP contribution in [0, 0.1) is 0 Å². The van der Waals surface area contributed by atoms with Crippen LogP contribution >= 0.6 is 11.3 Å². The van der Waals surface area contributed by atoms with Crippen molar-refractivity contribution in [2.24, 2.45) is 0 Å². The molecule has 9 aromatic carbocycles. The van der Waals surface area contributed by atoms with Gasteiger partial charge in [-0.15, -0.1) is 11.3 Å². The van der Waals surface area contributed by atoms with E-state index in [9.17, 15) is 0 Å². The molecule has 2 aromatic heterocycles. The molecule has 0 saturated carbocycles. The Morgan fingerprint density at radius 3 is 1.64 bits per heavy atom. The molecule has 0 bridgehead atoms. The lowest BCUT2D eigenvalue weighted by Crippen LogP contribution is -2.00. The Morgan fingerprint density at radius 2 is 0.868 bits per heavy atom. The molecule has 246 valence electrons. The fourth-order valence-electron chi connectivity index (χ4n) is 7.83. The molecule has 0 fully saturated rings. The Morgan fingerprint density at radius 1 is 0.321 bits per heavy atom. The first-order chi connectivity index (χ1) is 26.2. The van der Waals surface area contributed by atoms with Gasteiger partial charge in [-0.1, -0.05) is 146 Å². The number of hydrogen-bond donors (Lipinski definition) is 0. The van der Waals surface area contributed by atoms with Gasteiger partial charge in [0.1, 0.15) is 0 Å². The van der Waals surface area contributed by atoms with E-state index >= 15 is 0 Å². The molecule has 53 heavy (non-hydrogen) atoms. The highest BCUT2D eigenvalue weighted by atomic mass is 32.1. The van der Waals surface area contributed by atoms with Crippen LogP contribution in [-0.2, 0) is 0 Å². The van der Waals surface area contributed by atoms with Crippen molar-refractivity contribution in [2.75, 3.05) is 0 Å². The molecule has 0 saturated heterocycles. The molecule has 0 aliphatic rings. The number of nitrogens with zero attached hydrogens (tertiary/aromatic N) is 3. The molecule has 3 nitrogen and oxygen atoms in total. The summed E-state index contributed by atoms with van der Waals surface area (Å²) in [5.74, 6) is 1.97. The molecular formula is C49H29N3S. The molecule has 0 atom stereocenters. The van der Waals surface area contributed by atoms with Crippen LogP contribution in [-0.4, -0.2) is 15.0 Å². The van der Waals surface area contributed by atoms with Gasteiger partial charge in [0, 0.05) is 42.2 Å². The summed E-state index contributed by atoms with van der Waals surface area (Å²) in [5, 5.41) is 12.1. The van der Waals surface area contributed by atoms with E-state index in [-0.39, 0.29) is 0 Å². The predicted octanol–water partition coefficient (Wildman–Crippen LogP) is 13.5. The van der Waals surface area contributed by atoms with Gasteiger partial charge in [-0.05, 0) is 79.2 Å². The molecule has 0 N–H and O–H groups in total. The quantitative estimate of drug-likeness (QED) is 0.172. The maximum absolute atomic E-state index is 5.32. The number of rotatable bonds is 4. The zero-order valence-corrected chi connectivity index (χ0v) is 29.3. The molecule has 2 heterocycles. The fraction of sp³-hybridized carbons (Fsp3) is 0. The number of benzene rings is 9. The van der Waals surface area contributed by atoms with Crippen LogP contribution in [0.1, 0.15) is 0 Å². The summed E-state index contributed by atoms with van der Waals surface area (Å²) in [4.78, 5) is 15.7. The van der Waals surface area contributed by atoms with Crippen molar-refractivity contribution in [1.29, 1.82) is 0 Å². The topological polar surface area (TPSA) is 38.7 Å². The minimum Gasteiger partial charge on any atom is -0.208 e. The Labute approximate surface area is 309 Å². The Hall–Kier alpha value is -6.75. The van der Waals surface area contributed by atoms with Crippen LogP contribution in [0.4, 0.5) is 0 Å². The van der Waals surface area contributed by atoms with Crippen LogP contribution in [0.3, 0.4) is 0 Å². The molecule has 0 unspecified atom stereocenters. The Bertz CT molecular complexity index is 3220. The summed E-state index contributed by atoms with van der Waals surface area (Å²) in [6, 6.07) is 62.7. The fourth-order valence-corrected chi connectivity index (χ4v) is 9.16. The van der Waals surface area contributed by atoms with Gasteiger partial charge in [0.05, 0.1) is 0 Å². The third kappa shape index (κ3) is 4.99. The zero-order chi connectivity index (χ0) is 34.9. The molecule has 0 spiro atoms. The molecule has 0 aliphatic heterocycles. The van der Waals surface area contributed by atoms with E-state index < -0.39 is 0 Å². The molecule has 0 radical (unpaired) electrons. The van der Waals surface area contributed by atoms with Crippen molar-refractivity contribution in [2.45, 2.75) is 0 Å². The van der Waals surface area contributed by atoms with Gasteiger partial charge in [0.25, 0.3) is 0 Å². The van der Waals surface area contributed by atoms with E-state index in [1.807, 2.05) is 29.5 Å². The van der Waals surface area contributed by atoms with E-state index in [2.05, 4.69) is 158 Å². The van der Waals surface area contributed by atoms with Gasteiger partial charge in [0.2, 0.25) is 0 Å². The van der Waals surface area contributed by atoms with Gasteiger partial charge in [0.15, 0.2) is 17.5 Å². The maximum Gasteiger partial charge on any atom is 0.164 e. The average Bonchev–Trinajstić information content (AvgIpc) is 3.60. The molecule has 11 rings (SSSR count). The third-order valence-electron chi connectivity index (χ3n) is 10.4. The number of hydrogen-bond acceptors (Lipinski definition) is 4. The van der Waals surface area contributed by atoms with Crippen molar-refractivity contribution in [3.05, 3.63) is 176 Å². The summed E-state index contributed by atoms with van der Waals surface area (Å²) in [6.45, 7) is 0. The van der Waals surface area contributed by atoms with Gasteiger partial charge in [-0.3, -0.25) is 0 Å². The van der Waals surface area contributed by atoms with Crippen LogP contribution < -0.4 is 0 Å². The minimum absolute atomic E-state index is 0.652. The summed E-state index contributed by atoms with van der Waals surface area (Å²) < 4.78 is 2.50. The van der Waals surface area contributed by atoms with Crippen molar-refractivity contribution in [3.63, 3.8) is 0 Å². The van der Waals surface area contributed by atoms with Gasteiger partial charge >= 0.3 is 0 Å². The summed E-state index contributed by atoms with van der Waals surface area (Å²) in [7, 11) is 0. The lowest BCUT2D eigenvalue weighted by Gasteiger charge is -2.13. The average molecular weight is 692 g/mol. The monoisotopic (exact) mass is 691 g/mol. The van der Waals surface area contributed by atoms with E-state index in [1.54, 1.807) is 0 Å². The minimum atomic E-state index is 0.652. The van der Waals surface area contributed by atoms with Gasteiger partial charge < -0.3 is 0 Å². The first-order valence-electron chi connectivity index (χ1n) is 17.8. The Balaban J connectivity index is 1.19. The van der Waals surface area contributed by atoms with Crippen molar-refractivity contribution in [1.82, 2.24) is 15.0 Å². The van der Waals surface area contributed by atoms with E-state index in [4.69, 9.17) is 15.0 Å². The summed E-state index contributed by atoms with van der Waals surface area (Å²) >= 11 is 1.86. The third-order valence-corrected chi connectivity index (χ3v) is 11.6. The second-order valence-electron chi connectivity index (χ2n) is 13.6. The molecular weight excluding hydrogens is 663 g/mol. The first kappa shape index (κ1) is 29.9. The first-order valence-corrected chi connectivity index (χ1v) is 18.7. The predicted molar refractivity (Wildman–Crippen MR) is 224 cm³/mol. The lowest BCUT2D eigenvalue weighted by molar-refractivity contribution is 1.08. The van der Waals surface area contributed by atoms with Crippen molar-refractivity contribution in [3.8, 4) is 45.3 Å². The van der Waals surface area contributed by atoms with Gasteiger partial charge in [-0.2, -0.15) is 0 Å². The smallest absolute Gasteiger partial charge is 0.164 e. The lowest BCUT2D eigenvalue weighted by atomic mass is 9.95.